The standard InChI is InChI=1S/C12H22N2O3/c1-3-17-12(16)10-6-4-8-14(10)9-5-7-11(15)13-2/h10H,3-9H2,1-2H3,(H,13,15). The Kier molecular flexibility index (Phi) is 5.97. The van der Waals surface area contributed by atoms with Crippen molar-refractivity contribution in [2.24, 2.45) is 0 Å². The van der Waals surface area contributed by atoms with Crippen LogP contribution in [0.2, 0.25) is 0 Å². The van der Waals surface area contributed by atoms with Crippen molar-refractivity contribution < 1.29 is 14.3 Å². The summed E-state index contributed by atoms with van der Waals surface area (Å²) in [6.45, 7) is 3.97. The molecular weight excluding hydrogens is 220 g/mol. The van der Waals surface area contributed by atoms with Crippen molar-refractivity contribution >= 4 is 11.9 Å². The lowest BCUT2D eigenvalue weighted by atomic mass is 10.2. The molecule has 1 rings (SSSR count). The Balaban J connectivity index is 2.31. The fourth-order valence-corrected chi connectivity index (χ4v) is 2.17. The van der Waals surface area contributed by atoms with Crippen LogP contribution in [-0.4, -0.2) is 49.6 Å². The van der Waals surface area contributed by atoms with Gasteiger partial charge in [0.15, 0.2) is 0 Å². The van der Waals surface area contributed by atoms with Crippen LogP contribution >= 0.6 is 0 Å². The van der Waals surface area contributed by atoms with Crippen LogP contribution in [0.4, 0.5) is 0 Å². The molecule has 1 aliphatic rings. The zero-order chi connectivity index (χ0) is 12.7. The molecule has 98 valence electrons. The monoisotopic (exact) mass is 242 g/mol. The lowest BCUT2D eigenvalue weighted by Gasteiger charge is -2.22. The van der Waals surface area contributed by atoms with Crippen LogP contribution in [0.5, 0.6) is 0 Å². The second-order valence-corrected chi connectivity index (χ2v) is 4.22. The third-order valence-electron chi connectivity index (χ3n) is 3.05. The van der Waals surface area contributed by atoms with E-state index in [0.29, 0.717) is 13.0 Å². The molecule has 5 nitrogen and oxygen atoms in total. The van der Waals surface area contributed by atoms with Gasteiger partial charge in [0, 0.05) is 13.5 Å². The van der Waals surface area contributed by atoms with Crippen molar-refractivity contribution in [1.29, 1.82) is 0 Å². The van der Waals surface area contributed by atoms with Gasteiger partial charge in [-0.2, -0.15) is 0 Å². The van der Waals surface area contributed by atoms with Gasteiger partial charge in [-0.15, -0.1) is 0 Å². The molecule has 0 spiro atoms. The van der Waals surface area contributed by atoms with E-state index < -0.39 is 0 Å². The van der Waals surface area contributed by atoms with Crippen LogP contribution in [0, 0.1) is 0 Å². The minimum absolute atomic E-state index is 0.0527. The van der Waals surface area contributed by atoms with Crippen molar-refractivity contribution in [2.45, 2.75) is 38.6 Å². The quantitative estimate of drug-likeness (QED) is 0.691. The van der Waals surface area contributed by atoms with Gasteiger partial charge in [-0.3, -0.25) is 14.5 Å². The van der Waals surface area contributed by atoms with E-state index >= 15 is 0 Å². The van der Waals surface area contributed by atoms with E-state index in [9.17, 15) is 9.59 Å². The van der Waals surface area contributed by atoms with E-state index in [2.05, 4.69) is 10.2 Å². The van der Waals surface area contributed by atoms with Crippen molar-refractivity contribution in [3.8, 4) is 0 Å². The molecule has 1 amide bonds. The number of hydrogen-bond acceptors (Lipinski definition) is 4. The molecule has 1 saturated heterocycles. The highest BCUT2D eigenvalue weighted by atomic mass is 16.5. The summed E-state index contributed by atoms with van der Waals surface area (Å²) < 4.78 is 5.04. The summed E-state index contributed by atoms with van der Waals surface area (Å²) in [4.78, 5) is 24.9. The smallest absolute Gasteiger partial charge is 0.323 e. The largest absolute Gasteiger partial charge is 0.465 e. The topological polar surface area (TPSA) is 58.6 Å². The summed E-state index contributed by atoms with van der Waals surface area (Å²) in [5, 5.41) is 2.60. The predicted octanol–water partition coefficient (Wildman–Crippen LogP) is 0.540. The lowest BCUT2D eigenvalue weighted by Crippen LogP contribution is -2.38. The summed E-state index contributed by atoms with van der Waals surface area (Å²) in [6, 6.07) is -0.0976. The van der Waals surface area contributed by atoms with Crippen molar-refractivity contribution in [1.82, 2.24) is 10.2 Å². The number of carbonyl (C=O) groups is 2. The number of carbonyl (C=O) groups excluding carboxylic acids is 2. The molecule has 0 saturated carbocycles. The van der Waals surface area contributed by atoms with Crippen molar-refractivity contribution in [3.63, 3.8) is 0 Å². The minimum Gasteiger partial charge on any atom is -0.465 e. The molecule has 0 aromatic carbocycles. The van der Waals surface area contributed by atoms with Crippen LogP contribution in [0.25, 0.3) is 0 Å². The number of hydrogen-bond donors (Lipinski definition) is 1. The van der Waals surface area contributed by atoms with Crippen LogP contribution in [0.3, 0.4) is 0 Å². The zero-order valence-electron chi connectivity index (χ0n) is 10.7. The van der Waals surface area contributed by atoms with E-state index in [0.717, 1.165) is 32.4 Å². The highest BCUT2D eigenvalue weighted by Gasteiger charge is 2.31. The molecule has 5 heteroatoms. The van der Waals surface area contributed by atoms with Gasteiger partial charge in [0.05, 0.1) is 6.61 Å². The molecule has 1 N–H and O–H groups in total. The molecule has 0 aromatic rings. The normalized spacial score (nSPS) is 20.2. The van der Waals surface area contributed by atoms with E-state index in [1.54, 1.807) is 7.05 Å². The number of amides is 1. The Morgan fingerprint density at radius 1 is 1.47 bits per heavy atom. The van der Waals surface area contributed by atoms with Gasteiger partial charge < -0.3 is 10.1 Å². The molecule has 1 atom stereocenters. The van der Waals surface area contributed by atoms with Crippen molar-refractivity contribution in [3.05, 3.63) is 0 Å². The highest BCUT2D eigenvalue weighted by Crippen LogP contribution is 2.18. The predicted molar refractivity (Wildman–Crippen MR) is 64.5 cm³/mol. The van der Waals surface area contributed by atoms with Crippen LogP contribution in [0.15, 0.2) is 0 Å². The first-order chi connectivity index (χ1) is 8.19. The highest BCUT2D eigenvalue weighted by molar-refractivity contribution is 5.76. The molecule has 0 aliphatic carbocycles. The number of nitrogens with one attached hydrogen (secondary N) is 1. The summed E-state index contributed by atoms with van der Waals surface area (Å²) in [5.41, 5.74) is 0. The maximum Gasteiger partial charge on any atom is 0.323 e. The number of nitrogens with zero attached hydrogens (tertiary/aromatic N) is 1. The fraction of sp³-hybridized carbons (Fsp3) is 0.833. The second kappa shape index (κ2) is 7.27. The summed E-state index contributed by atoms with van der Waals surface area (Å²) in [7, 11) is 1.64. The average Bonchev–Trinajstić information content (AvgIpc) is 2.77. The minimum atomic E-state index is -0.120. The number of likely N-dealkylation sites (tertiary alicyclic amines) is 1. The Hall–Kier alpha value is -1.10. The third kappa shape index (κ3) is 4.34. The Bertz CT molecular complexity index is 268. The molecule has 0 radical (unpaired) electrons. The number of rotatable bonds is 6. The SMILES string of the molecule is CCOC(=O)C1CCCN1CCCC(=O)NC. The van der Waals surface area contributed by atoms with E-state index in [4.69, 9.17) is 4.74 Å². The third-order valence-corrected chi connectivity index (χ3v) is 3.05. The number of esters is 1. The fourth-order valence-electron chi connectivity index (χ4n) is 2.17. The summed E-state index contributed by atoms with van der Waals surface area (Å²) in [5.74, 6) is -0.0678. The van der Waals surface area contributed by atoms with Gasteiger partial charge in [0.25, 0.3) is 0 Å². The Morgan fingerprint density at radius 2 is 2.24 bits per heavy atom. The maximum absolute atomic E-state index is 11.7. The molecular formula is C12H22N2O3. The van der Waals surface area contributed by atoms with Gasteiger partial charge >= 0.3 is 5.97 Å². The van der Waals surface area contributed by atoms with Crippen LogP contribution < -0.4 is 5.32 Å². The van der Waals surface area contributed by atoms with Gasteiger partial charge in [-0.25, -0.2) is 0 Å². The maximum atomic E-state index is 11.7. The molecule has 0 bridgehead atoms. The average molecular weight is 242 g/mol. The van der Waals surface area contributed by atoms with Crippen LogP contribution in [0.1, 0.15) is 32.6 Å². The Labute approximate surface area is 102 Å². The first-order valence-electron chi connectivity index (χ1n) is 6.30. The van der Waals surface area contributed by atoms with Gasteiger partial charge in [0.2, 0.25) is 5.91 Å². The summed E-state index contributed by atoms with van der Waals surface area (Å²) in [6.07, 6.45) is 3.21. The van der Waals surface area contributed by atoms with E-state index in [-0.39, 0.29) is 17.9 Å². The number of ether oxygens (including phenoxy) is 1. The zero-order valence-corrected chi connectivity index (χ0v) is 10.7. The first-order valence-corrected chi connectivity index (χ1v) is 6.30. The molecule has 1 unspecified atom stereocenters. The van der Waals surface area contributed by atoms with Crippen molar-refractivity contribution in [2.75, 3.05) is 26.7 Å². The first kappa shape index (κ1) is 14.0. The molecule has 1 aliphatic heterocycles. The lowest BCUT2D eigenvalue weighted by molar-refractivity contribution is -0.148. The molecule has 1 heterocycles. The molecule has 17 heavy (non-hydrogen) atoms. The summed E-state index contributed by atoms with van der Waals surface area (Å²) >= 11 is 0. The van der Waals surface area contributed by atoms with Gasteiger partial charge in [-0.1, -0.05) is 0 Å². The van der Waals surface area contributed by atoms with E-state index in [1.807, 2.05) is 6.92 Å². The Morgan fingerprint density at radius 3 is 2.88 bits per heavy atom. The van der Waals surface area contributed by atoms with E-state index in [1.165, 1.54) is 0 Å². The van der Waals surface area contributed by atoms with Crippen LogP contribution in [-0.2, 0) is 14.3 Å². The molecule has 0 aromatic heterocycles. The van der Waals surface area contributed by atoms with Gasteiger partial charge in [0.1, 0.15) is 6.04 Å². The van der Waals surface area contributed by atoms with Gasteiger partial charge in [-0.05, 0) is 39.3 Å². The second-order valence-electron chi connectivity index (χ2n) is 4.22. The molecule has 1 fully saturated rings.